The quantitative estimate of drug-likeness (QED) is 0.711. The fourth-order valence-electron chi connectivity index (χ4n) is 3.09. The Balaban J connectivity index is 0.000000510. The number of pyridine rings is 1. The van der Waals surface area contributed by atoms with E-state index in [1.54, 1.807) is 6.20 Å². The van der Waals surface area contributed by atoms with E-state index in [0.717, 1.165) is 33.6 Å². The maximum atomic E-state index is 11.7. The summed E-state index contributed by atoms with van der Waals surface area (Å²) in [7, 11) is 0. The summed E-state index contributed by atoms with van der Waals surface area (Å²) < 4.78 is 1.87. The van der Waals surface area contributed by atoms with Crippen LogP contribution in [0.25, 0.3) is 16.8 Å². The monoisotopic (exact) mass is 348 g/mol. The summed E-state index contributed by atoms with van der Waals surface area (Å²) in [5.41, 5.74) is 5.86. The maximum absolute atomic E-state index is 11.7. The summed E-state index contributed by atoms with van der Waals surface area (Å²) in [5.74, 6) is 0.525. The fraction of sp³-hybridized carbons (Fsp3) is 0.250. The van der Waals surface area contributed by atoms with Crippen LogP contribution in [0.2, 0.25) is 0 Å². The van der Waals surface area contributed by atoms with Gasteiger partial charge in [0.1, 0.15) is 5.65 Å². The summed E-state index contributed by atoms with van der Waals surface area (Å²) in [6.07, 6.45) is 9.22. The second-order valence-electron chi connectivity index (χ2n) is 6.64. The molecule has 3 aromatic rings. The van der Waals surface area contributed by atoms with Crippen LogP contribution in [0.4, 0.5) is 11.5 Å². The van der Waals surface area contributed by atoms with E-state index in [0.29, 0.717) is 18.6 Å². The molecule has 2 amide bonds. The van der Waals surface area contributed by atoms with Crippen LogP contribution in [0.5, 0.6) is 0 Å². The highest BCUT2D eigenvalue weighted by Crippen LogP contribution is 2.36. The molecular formula is C20H20N4O2. The minimum atomic E-state index is 0.0213. The van der Waals surface area contributed by atoms with Crippen LogP contribution in [0, 0.1) is 6.92 Å². The van der Waals surface area contributed by atoms with Crippen molar-refractivity contribution in [1.82, 2.24) is 9.38 Å². The van der Waals surface area contributed by atoms with E-state index >= 15 is 0 Å². The van der Waals surface area contributed by atoms with Gasteiger partial charge in [0.25, 0.3) is 0 Å². The summed E-state index contributed by atoms with van der Waals surface area (Å²) in [6.45, 7) is 2.04. The summed E-state index contributed by atoms with van der Waals surface area (Å²) in [4.78, 5) is 26.6. The number of benzene rings is 1. The van der Waals surface area contributed by atoms with Gasteiger partial charge in [0.2, 0.25) is 12.3 Å². The van der Waals surface area contributed by atoms with Gasteiger partial charge in [-0.05, 0) is 47.4 Å². The lowest BCUT2D eigenvalue weighted by molar-refractivity contribution is -0.115. The average molecular weight is 348 g/mol. The first-order valence-corrected chi connectivity index (χ1v) is 8.77. The molecule has 6 nitrogen and oxygen atoms in total. The zero-order valence-corrected chi connectivity index (χ0v) is 14.6. The lowest BCUT2D eigenvalue weighted by atomic mass is 9.94. The smallest absolute Gasteiger partial charge is 0.228 e. The van der Waals surface area contributed by atoms with E-state index in [9.17, 15) is 9.59 Å². The largest absolute Gasteiger partial charge is 0.326 e. The molecule has 1 saturated carbocycles. The molecule has 0 spiro atoms. The van der Waals surface area contributed by atoms with Crippen molar-refractivity contribution < 1.29 is 9.59 Å². The molecule has 0 bridgehead atoms. The predicted octanol–water partition coefficient (Wildman–Crippen LogP) is 3.54. The Morgan fingerprint density at radius 2 is 1.96 bits per heavy atom. The lowest BCUT2D eigenvalue weighted by Gasteiger charge is -2.11. The summed E-state index contributed by atoms with van der Waals surface area (Å²) in [5, 5.41) is 5.43. The summed E-state index contributed by atoms with van der Waals surface area (Å²) in [6, 6.07) is 7.84. The van der Waals surface area contributed by atoms with E-state index in [4.69, 9.17) is 0 Å². The minimum absolute atomic E-state index is 0.0213. The van der Waals surface area contributed by atoms with Crippen LogP contribution < -0.4 is 10.6 Å². The first-order chi connectivity index (χ1) is 12.7. The van der Waals surface area contributed by atoms with Crippen molar-refractivity contribution in [2.24, 2.45) is 0 Å². The van der Waals surface area contributed by atoms with Gasteiger partial charge in [-0.25, -0.2) is 4.98 Å². The molecule has 26 heavy (non-hydrogen) atoms. The van der Waals surface area contributed by atoms with Crippen molar-refractivity contribution in [2.45, 2.75) is 32.6 Å². The number of nitrogens with one attached hydrogen (secondary N) is 2. The Bertz CT molecular complexity index is 1000. The van der Waals surface area contributed by atoms with Gasteiger partial charge in [-0.1, -0.05) is 25.3 Å². The topological polar surface area (TPSA) is 75.5 Å². The van der Waals surface area contributed by atoms with Crippen LogP contribution >= 0.6 is 0 Å². The number of amides is 2. The third kappa shape index (κ3) is 3.18. The van der Waals surface area contributed by atoms with Crippen LogP contribution in [-0.4, -0.2) is 21.7 Å². The number of hydrogen-bond acceptors (Lipinski definition) is 3. The van der Waals surface area contributed by atoms with E-state index < -0.39 is 0 Å². The normalized spacial score (nSPS) is 14.3. The predicted molar refractivity (Wildman–Crippen MR) is 101 cm³/mol. The summed E-state index contributed by atoms with van der Waals surface area (Å²) >= 11 is 0. The van der Waals surface area contributed by atoms with Gasteiger partial charge in [0.15, 0.2) is 5.82 Å². The molecule has 2 N–H and O–H groups in total. The van der Waals surface area contributed by atoms with Gasteiger partial charge < -0.3 is 15.0 Å². The third-order valence-electron chi connectivity index (χ3n) is 4.43. The van der Waals surface area contributed by atoms with Gasteiger partial charge in [-0.3, -0.25) is 9.59 Å². The van der Waals surface area contributed by atoms with Gasteiger partial charge in [0, 0.05) is 11.9 Å². The maximum Gasteiger partial charge on any atom is 0.228 e. The Labute approximate surface area is 151 Å². The van der Waals surface area contributed by atoms with Crippen molar-refractivity contribution in [2.75, 3.05) is 10.6 Å². The molecule has 1 aliphatic heterocycles. The van der Waals surface area contributed by atoms with E-state index in [1.807, 2.05) is 41.8 Å². The number of rotatable bonds is 3. The number of anilines is 2. The second kappa shape index (κ2) is 6.63. The molecule has 0 saturated heterocycles. The van der Waals surface area contributed by atoms with Crippen LogP contribution in [0.15, 0.2) is 36.7 Å². The SMILES string of the molecule is C1CC1.Cc1ccc2c(c1-c1ccc3nc(NC=O)cn3c1)CC(=O)N2. The fourth-order valence-corrected chi connectivity index (χ4v) is 3.09. The molecule has 2 aliphatic rings. The molecule has 3 heterocycles. The van der Waals surface area contributed by atoms with Crippen LogP contribution in [0.3, 0.4) is 0 Å². The first kappa shape index (κ1) is 16.3. The van der Waals surface area contributed by atoms with Gasteiger partial charge in [-0.2, -0.15) is 0 Å². The zero-order chi connectivity index (χ0) is 18.1. The molecule has 1 fully saturated rings. The third-order valence-corrected chi connectivity index (χ3v) is 4.43. The van der Waals surface area contributed by atoms with Crippen molar-refractivity contribution in [3.63, 3.8) is 0 Å². The zero-order valence-electron chi connectivity index (χ0n) is 14.6. The number of nitrogens with zero attached hydrogens (tertiary/aromatic N) is 2. The number of hydrogen-bond donors (Lipinski definition) is 2. The van der Waals surface area contributed by atoms with Gasteiger partial charge in [-0.15, -0.1) is 0 Å². The number of aryl methyl sites for hydroxylation is 1. The molecule has 6 heteroatoms. The molecule has 132 valence electrons. The van der Waals surface area contributed by atoms with Crippen molar-refractivity contribution >= 4 is 29.5 Å². The molecule has 5 rings (SSSR count). The Morgan fingerprint density at radius 1 is 1.15 bits per heavy atom. The lowest BCUT2D eigenvalue weighted by Crippen LogP contribution is -2.03. The Morgan fingerprint density at radius 3 is 2.69 bits per heavy atom. The van der Waals surface area contributed by atoms with E-state index in [1.165, 1.54) is 19.3 Å². The number of aromatic nitrogens is 2. The van der Waals surface area contributed by atoms with Crippen LogP contribution in [0.1, 0.15) is 30.4 Å². The number of carbonyl (C=O) groups excluding carboxylic acids is 2. The molecule has 0 atom stereocenters. The average Bonchev–Trinajstić information content (AvgIpc) is 3.37. The van der Waals surface area contributed by atoms with Crippen molar-refractivity contribution in [3.05, 3.63) is 47.8 Å². The highest BCUT2D eigenvalue weighted by molar-refractivity contribution is 6.02. The molecule has 2 aromatic heterocycles. The van der Waals surface area contributed by atoms with Gasteiger partial charge >= 0.3 is 0 Å². The van der Waals surface area contributed by atoms with E-state index in [2.05, 4.69) is 15.6 Å². The molecule has 1 aromatic carbocycles. The molecule has 0 radical (unpaired) electrons. The molecule has 1 aliphatic carbocycles. The number of fused-ring (bicyclic) bond motifs is 2. The molecule has 0 unspecified atom stereocenters. The van der Waals surface area contributed by atoms with Crippen molar-refractivity contribution in [1.29, 1.82) is 0 Å². The number of carbonyl (C=O) groups is 2. The Hall–Kier alpha value is -3.15. The second-order valence-corrected chi connectivity index (χ2v) is 6.64. The van der Waals surface area contributed by atoms with Crippen molar-refractivity contribution in [3.8, 4) is 11.1 Å². The highest BCUT2D eigenvalue weighted by atomic mass is 16.1. The standard InChI is InChI=1S/C17H14N4O2.C3H6/c1-10-2-4-13-12(6-16(23)19-13)17(10)11-3-5-15-20-14(18-9-22)8-21(15)7-11;1-2-3-1/h2-5,7-9H,6H2,1H3,(H,18,22)(H,19,23);1-3H2. The molecular weight excluding hydrogens is 328 g/mol. The Kier molecular flexibility index (Phi) is 4.16. The highest BCUT2D eigenvalue weighted by Gasteiger charge is 2.22. The van der Waals surface area contributed by atoms with Crippen LogP contribution in [-0.2, 0) is 16.0 Å². The minimum Gasteiger partial charge on any atom is -0.326 e. The first-order valence-electron chi connectivity index (χ1n) is 8.77. The van der Waals surface area contributed by atoms with Gasteiger partial charge in [0.05, 0.1) is 12.6 Å². The van der Waals surface area contributed by atoms with E-state index in [-0.39, 0.29) is 5.91 Å². The number of imidazole rings is 1.